The number of hydrogen-bond acceptors (Lipinski definition) is 4. The van der Waals surface area contributed by atoms with Crippen molar-refractivity contribution >= 4 is 11.6 Å². The van der Waals surface area contributed by atoms with Crippen LogP contribution in [0.1, 0.15) is 12.3 Å². The second-order valence-electron chi connectivity index (χ2n) is 5.23. The van der Waals surface area contributed by atoms with Crippen LogP contribution in [0.5, 0.6) is 0 Å². The van der Waals surface area contributed by atoms with Gasteiger partial charge in [-0.25, -0.2) is 9.37 Å². The van der Waals surface area contributed by atoms with Gasteiger partial charge < -0.3 is 9.52 Å². The number of likely N-dealkylation sites (tertiary alicyclic amines) is 1. The molecule has 0 aliphatic carbocycles. The van der Waals surface area contributed by atoms with E-state index in [1.165, 1.54) is 0 Å². The van der Waals surface area contributed by atoms with Gasteiger partial charge >= 0.3 is 0 Å². The second-order valence-corrected chi connectivity index (χ2v) is 5.66. The minimum Gasteiger partial charge on any atom is -0.439 e. The number of aliphatic hydroxyl groups is 1. The average Bonchev–Trinajstić information content (AvgIpc) is 3.06. The van der Waals surface area contributed by atoms with E-state index in [2.05, 4.69) is 4.98 Å². The maximum Gasteiger partial charge on any atom is 0.209 e. The maximum absolute atomic E-state index is 13.4. The molecule has 0 unspecified atom stereocenters. The Hall–Kier alpha value is -1.43. The van der Waals surface area contributed by atoms with Gasteiger partial charge in [0.15, 0.2) is 5.76 Å². The van der Waals surface area contributed by atoms with Gasteiger partial charge in [0.2, 0.25) is 5.89 Å². The van der Waals surface area contributed by atoms with Crippen molar-refractivity contribution in [3.63, 3.8) is 0 Å². The summed E-state index contributed by atoms with van der Waals surface area (Å²) in [4.78, 5) is 6.08. The fraction of sp³-hybridized carbons (Fsp3) is 0.400. The minimum atomic E-state index is -0.899. The van der Waals surface area contributed by atoms with Gasteiger partial charge in [-0.3, -0.25) is 4.90 Å². The summed E-state index contributed by atoms with van der Waals surface area (Å²) >= 11 is 5.95. The van der Waals surface area contributed by atoms with Crippen molar-refractivity contribution in [3.8, 4) is 11.3 Å². The van der Waals surface area contributed by atoms with Crippen LogP contribution >= 0.6 is 11.6 Å². The van der Waals surface area contributed by atoms with Gasteiger partial charge in [0.05, 0.1) is 19.3 Å². The second kappa shape index (κ2) is 6.13. The zero-order valence-electron chi connectivity index (χ0n) is 11.4. The van der Waals surface area contributed by atoms with Crippen LogP contribution in [0.25, 0.3) is 11.3 Å². The third kappa shape index (κ3) is 3.26. The van der Waals surface area contributed by atoms with E-state index < -0.39 is 6.17 Å². The number of halogens is 2. The molecule has 1 aliphatic rings. The van der Waals surface area contributed by atoms with Crippen molar-refractivity contribution in [3.05, 3.63) is 41.4 Å². The zero-order valence-corrected chi connectivity index (χ0v) is 12.1. The highest BCUT2D eigenvalue weighted by molar-refractivity contribution is 6.30. The van der Waals surface area contributed by atoms with E-state index in [9.17, 15) is 9.50 Å². The first-order valence-electron chi connectivity index (χ1n) is 6.85. The van der Waals surface area contributed by atoms with E-state index in [-0.39, 0.29) is 12.6 Å². The van der Waals surface area contributed by atoms with Crippen molar-refractivity contribution in [2.45, 2.75) is 25.2 Å². The Balaban J connectivity index is 1.73. The lowest BCUT2D eigenvalue weighted by atomic mass is 10.2. The molecule has 0 spiro atoms. The molecule has 1 aromatic carbocycles. The predicted molar refractivity (Wildman–Crippen MR) is 77.7 cm³/mol. The lowest BCUT2D eigenvalue weighted by Crippen LogP contribution is -2.31. The number of aromatic nitrogens is 1. The lowest BCUT2D eigenvalue weighted by Gasteiger charge is -2.19. The van der Waals surface area contributed by atoms with E-state index in [4.69, 9.17) is 16.0 Å². The molecule has 1 aliphatic heterocycles. The summed E-state index contributed by atoms with van der Waals surface area (Å²) in [5.41, 5.74) is 0.852. The molecule has 4 nitrogen and oxygen atoms in total. The Bertz CT molecular complexity index is 619. The van der Waals surface area contributed by atoms with E-state index in [0.29, 0.717) is 36.2 Å². The van der Waals surface area contributed by atoms with Crippen LogP contribution in [-0.2, 0) is 6.54 Å². The Labute approximate surface area is 127 Å². The van der Waals surface area contributed by atoms with Gasteiger partial charge in [-0.2, -0.15) is 0 Å². The maximum atomic E-state index is 13.4. The number of aliphatic hydroxyl groups excluding tert-OH is 1. The summed E-state index contributed by atoms with van der Waals surface area (Å²) in [6.07, 6.45) is 1.10. The van der Waals surface area contributed by atoms with Gasteiger partial charge in [-0.05, 0) is 18.6 Å². The molecule has 0 saturated carbocycles. The fourth-order valence-corrected chi connectivity index (χ4v) is 2.83. The molecular formula is C15H16ClFN2O2. The number of rotatable bonds is 4. The Kier molecular flexibility index (Phi) is 4.24. The SMILES string of the molecule is OC[C@@H]1C[C@H](F)CN1Cc1ncc(-c2cccc(Cl)c2)o1. The molecule has 112 valence electrons. The number of hydrogen-bond donors (Lipinski definition) is 1. The molecule has 2 atom stereocenters. The molecule has 6 heteroatoms. The van der Waals surface area contributed by atoms with E-state index in [1.54, 1.807) is 18.3 Å². The van der Waals surface area contributed by atoms with E-state index in [0.717, 1.165) is 5.56 Å². The molecule has 1 aromatic heterocycles. The third-order valence-electron chi connectivity index (χ3n) is 3.69. The molecule has 21 heavy (non-hydrogen) atoms. The van der Waals surface area contributed by atoms with Crippen LogP contribution in [0, 0.1) is 0 Å². The topological polar surface area (TPSA) is 49.5 Å². The van der Waals surface area contributed by atoms with E-state index >= 15 is 0 Å². The van der Waals surface area contributed by atoms with Crippen LogP contribution in [-0.4, -0.2) is 40.4 Å². The lowest BCUT2D eigenvalue weighted by molar-refractivity contribution is 0.144. The molecule has 0 radical (unpaired) electrons. The first kappa shape index (κ1) is 14.5. The minimum absolute atomic E-state index is 0.0533. The summed E-state index contributed by atoms with van der Waals surface area (Å²) in [6.45, 7) is 0.647. The molecule has 2 heterocycles. The molecule has 1 N–H and O–H groups in total. The van der Waals surface area contributed by atoms with Gasteiger partial charge in [0.25, 0.3) is 0 Å². The van der Waals surface area contributed by atoms with Crippen molar-refractivity contribution in [2.24, 2.45) is 0 Å². The molecule has 1 saturated heterocycles. The first-order chi connectivity index (χ1) is 10.2. The summed E-state index contributed by atoms with van der Waals surface area (Å²) in [5.74, 6) is 1.14. The quantitative estimate of drug-likeness (QED) is 0.943. The van der Waals surface area contributed by atoms with Crippen molar-refractivity contribution in [1.29, 1.82) is 0 Å². The molecule has 0 bridgehead atoms. The van der Waals surface area contributed by atoms with Crippen LogP contribution in [0.15, 0.2) is 34.9 Å². The van der Waals surface area contributed by atoms with E-state index in [1.807, 2.05) is 17.0 Å². The molecule has 2 aromatic rings. The summed E-state index contributed by atoms with van der Waals surface area (Å²) in [6, 6.07) is 7.16. The van der Waals surface area contributed by atoms with Crippen LogP contribution in [0.2, 0.25) is 5.02 Å². The highest BCUT2D eigenvalue weighted by Crippen LogP contribution is 2.26. The van der Waals surface area contributed by atoms with Gasteiger partial charge in [0, 0.05) is 23.2 Å². The van der Waals surface area contributed by atoms with Crippen LogP contribution < -0.4 is 0 Å². The summed E-state index contributed by atoms with van der Waals surface area (Å²) in [7, 11) is 0. The van der Waals surface area contributed by atoms with Crippen molar-refractivity contribution in [1.82, 2.24) is 9.88 Å². The Morgan fingerprint density at radius 2 is 2.33 bits per heavy atom. The number of benzene rings is 1. The van der Waals surface area contributed by atoms with Crippen LogP contribution in [0.4, 0.5) is 4.39 Å². The molecule has 0 amide bonds. The van der Waals surface area contributed by atoms with Crippen LogP contribution in [0.3, 0.4) is 0 Å². The van der Waals surface area contributed by atoms with Gasteiger partial charge in [0.1, 0.15) is 6.17 Å². The number of nitrogens with zero attached hydrogens (tertiary/aromatic N) is 2. The predicted octanol–water partition coefficient (Wildman–Crippen LogP) is 2.90. The number of alkyl halides is 1. The highest BCUT2D eigenvalue weighted by Gasteiger charge is 2.32. The average molecular weight is 311 g/mol. The first-order valence-corrected chi connectivity index (χ1v) is 7.23. The summed E-state index contributed by atoms with van der Waals surface area (Å²) < 4.78 is 19.1. The van der Waals surface area contributed by atoms with Gasteiger partial charge in [-0.15, -0.1) is 0 Å². The van der Waals surface area contributed by atoms with Crippen molar-refractivity contribution in [2.75, 3.05) is 13.2 Å². The smallest absolute Gasteiger partial charge is 0.209 e. The summed E-state index contributed by atoms with van der Waals surface area (Å²) in [5, 5.41) is 9.90. The monoisotopic (exact) mass is 310 g/mol. The fourth-order valence-electron chi connectivity index (χ4n) is 2.64. The standard InChI is InChI=1S/C15H16ClFN2O2/c16-11-3-1-2-10(4-11)14-6-18-15(21-14)8-19-7-12(17)5-13(19)9-20/h1-4,6,12-13,20H,5,7-9H2/t12-,13-/m0/s1. The van der Waals surface area contributed by atoms with Gasteiger partial charge in [-0.1, -0.05) is 23.7 Å². The third-order valence-corrected chi connectivity index (χ3v) is 3.92. The normalized spacial score (nSPS) is 22.8. The largest absolute Gasteiger partial charge is 0.439 e. The highest BCUT2D eigenvalue weighted by atomic mass is 35.5. The molecule has 3 rings (SSSR count). The van der Waals surface area contributed by atoms with Crippen molar-refractivity contribution < 1.29 is 13.9 Å². The number of oxazole rings is 1. The zero-order chi connectivity index (χ0) is 14.8. The molecule has 1 fully saturated rings. The molecular weight excluding hydrogens is 295 g/mol. The Morgan fingerprint density at radius 1 is 1.48 bits per heavy atom. The Morgan fingerprint density at radius 3 is 3.10 bits per heavy atom.